The van der Waals surface area contributed by atoms with E-state index in [0.717, 1.165) is 5.75 Å². The second kappa shape index (κ2) is 5.02. The third-order valence-corrected chi connectivity index (χ3v) is 4.90. The van der Waals surface area contributed by atoms with Crippen molar-refractivity contribution >= 4 is 5.71 Å². The first-order valence-electron chi connectivity index (χ1n) is 8.06. The van der Waals surface area contributed by atoms with Crippen LogP contribution in [0.1, 0.15) is 38.3 Å². The first-order chi connectivity index (χ1) is 10.2. The van der Waals surface area contributed by atoms with Crippen molar-refractivity contribution in [3.8, 4) is 5.75 Å². The quantitative estimate of drug-likeness (QED) is 0.927. The Balaban J connectivity index is 1.55. The molecule has 0 radical (unpaired) electrons. The zero-order valence-electron chi connectivity index (χ0n) is 12.7. The molecule has 3 fully saturated rings. The molecule has 4 nitrogen and oxygen atoms in total. The molecule has 4 aliphatic rings. The van der Waals surface area contributed by atoms with Crippen LogP contribution in [-0.4, -0.2) is 35.8 Å². The highest BCUT2D eigenvalue weighted by atomic mass is 16.5. The maximum absolute atomic E-state index is 5.73. The van der Waals surface area contributed by atoms with Gasteiger partial charge in [-0.25, -0.2) is 0 Å². The predicted octanol–water partition coefficient (Wildman–Crippen LogP) is 2.57. The van der Waals surface area contributed by atoms with Crippen molar-refractivity contribution in [2.75, 3.05) is 13.1 Å². The first kappa shape index (κ1) is 13.1. The molecule has 1 aromatic carbocycles. The van der Waals surface area contributed by atoms with Gasteiger partial charge in [-0.15, -0.1) is 0 Å². The van der Waals surface area contributed by atoms with Crippen LogP contribution in [0.2, 0.25) is 0 Å². The van der Waals surface area contributed by atoms with Crippen molar-refractivity contribution in [2.24, 2.45) is 11.0 Å². The summed E-state index contributed by atoms with van der Waals surface area (Å²) in [5, 5.41) is 4.66. The lowest BCUT2D eigenvalue weighted by Crippen LogP contribution is -2.56. The van der Waals surface area contributed by atoms with E-state index in [9.17, 15) is 0 Å². The number of nitrogens with one attached hydrogen (secondary N) is 1. The highest BCUT2D eigenvalue weighted by Gasteiger charge is 2.46. The minimum absolute atomic E-state index is 0.218. The lowest BCUT2D eigenvalue weighted by atomic mass is 9.78. The number of hydrogen-bond acceptors (Lipinski definition) is 4. The molecule has 2 atom stereocenters. The van der Waals surface area contributed by atoms with Gasteiger partial charge in [0.25, 0.3) is 0 Å². The van der Waals surface area contributed by atoms with E-state index in [1.807, 2.05) is 0 Å². The number of hydrazone groups is 1. The fourth-order valence-electron chi connectivity index (χ4n) is 3.94. The molecule has 1 aromatic rings. The summed E-state index contributed by atoms with van der Waals surface area (Å²) in [4.78, 5) is 2.60. The molecule has 4 aliphatic heterocycles. The Morgan fingerprint density at radius 2 is 1.90 bits per heavy atom. The Kier molecular flexibility index (Phi) is 3.14. The van der Waals surface area contributed by atoms with E-state index in [1.165, 1.54) is 37.2 Å². The molecule has 21 heavy (non-hydrogen) atoms. The van der Waals surface area contributed by atoms with E-state index in [4.69, 9.17) is 4.74 Å². The van der Waals surface area contributed by atoms with Gasteiger partial charge in [0, 0.05) is 5.92 Å². The van der Waals surface area contributed by atoms with Gasteiger partial charge >= 0.3 is 0 Å². The number of piperidine rings is 3. The van der Waals surface area contributed by atoms with Crippen LogP contribution in [0.15, 0.2) is 29.4 Å². The maximum Gasteiger partial charge on any atom is 0.119 e. The molecule has 3 saturated heterocycles. The van der Waals surface area contributed by atoms with E-state index in [1.54, 1.807) is 0 Å². The first-order valence-corrected chi connectivity index (χ1v) is 8.06. The van der Waals surface area contributed by atoms with E-state index in [-0.39, 0.29) is 6.10 Å². The maximum atomic E-state index is 5.73. The Morgan fingerprint density at radius 3 is 2.57 bits per heavy atom. The van der Waals surface area contributed by atoms with Crippen LogP contribution in [0.25, 0.3) is 0 Å². The summed E-state index contributed by atoms with van der Waals surface area (Å²) in [6.07, 6.45) is 2.78. The predicted molar refractivity (Wildman–Crippen MR) is 83.6 cm³/mol. The van der Waals surface area contributed by atoms with Crippen molar-refractivity contribution in [3.63, 3.8) is 0 Å². The minimum atomic E-state index is 0.218. The Morgan fingerprint density at radius 1 is 1.19 bits per heavy atom. The number of fused-ring (bicyclic) bond motifs is 2. The summed E-state index contributed by atoms with van der Waals surface area (Å²) >= 11 is 0. The molecule has 5 rings (SSSR count). The summed E-state index contributed by atoms with van der Waals surface area (Å²) in [5.74, 6) is 1.65. The minimum Gasteiger partial charge on any atom is -0.491 e. The second-order valence-corrected chi connectivity index (χ2v) is 6.63. The van der Waals surface area contributed by atoms with Crippen LogP contribution in [-0.2, 0) is 0 Å². The molecule has 2 bridgehead atoms. The zero-order valence-corrected chi connectivity index (χ0v) is 12.7. The molecule has 112 valence electrons. The van der Waals surface area contributed by atoms with Gasteiger partial charge in [-0.3, -0.25) is 4.90 Å². The molecule has 0 amide bonds. The number of nitrogens with zero attached hydrogens (tertiary/aromatic N) is 2. The second-order valence-electron chi connectivity index (χ2n) is 6.63. The van der Waals surface area contributed by atoms with E-state index < -0.39 is 0 Å². The molecule has 2 unspecified atom stereocenters. The van der Waals surface area contributed by atoms with Crippen molar-refractivity contribution in [1.29, 1.82) is 0 Å². The lowest BCUT2D eigenvalue weighted by Gasteiger charge is -2.45. The Bertz CT molecular complexity index is 544. The molecular formula is C17H23N3O. The average molecular weight is 285 g/mol. The SMILES string of the molecule is CC(C)Oc1ccc(C2NN=C3C4CCN(CC4)C32)cc1. The monoisotopic (exact) mass is 285 g/mol. The molecule has 0 aliphatic carbocycles. The van der Waals surface area contributed by atoms with Crippen molar-refractivity contribution in [2.45, 2.75) is 44.9 Å². The van der Waals surface area contributed by atoms with Crippen LogP contribution >= 0.6 is 0 Å². The average Bonchev–Trinajstić information content (AvgIpc) is 2.96. The van der Waals surface area contributed by atoms with Crippen LogP contribution in [0.4, 0.5) is 0 Å². The summed E-state index contributed by atoms with van der Waals surface area (Å²) in [5.41, 5.74) is 6.08. The largest absolute Gasteiger partial charge is 0.491 e. The van der Waals surface area contributed by atoms with Gasteiger partial charge < -0.3 is 10.2 Å². The molecule has 0 aromatic heterocycles. The number of hydrogen-bond donors (Lipinski definition) is 1. The summed E-state index contributed by atoms with van der Waals surface area (Å²) in [7, 11) is 0. The van der Waals surface area contributed by atoms with Gasteiger partial charge in [0.15, 0.2) is 0 Å². The highest BCUT2D eigenvalue weighted by molar-refractivity contribution is 5.95. The summed E-state index contributed by atoms with van der Waals surface area (Å²) in [6.45, 7) is 6.55. The third-order valence-electron chi connectivity index (χ3n) is 4.90. The van der Waals surface area contributed by atoms with Gasteiger partial charge in [0.1, 0.15) is 5.75 Å². The molecule has 0 spiro atoms. The molecular weight excluding hydrogens is 262 g/mol. The van der Waals surface area contributed by atoms with Gasteiger partial charge in [0.2, 0.25) is 0 Å². The zero-order chi connectivity index (χ0) is 14.4. The standard InChI is InChI=1S/C17H23N3O/c1-11(2)21-14-5-3-12(4-6-14)15-17-16(19-18-15)13-7-9-20(17)10-8-13/h3-6,11,13,15,17-18H,7-10H2,1-2H3. The van der Waals surface area contributed by atoms with Crippen LogP contribution in [0, 0.1) is 5.92 Å². The number of benzene rings is 1. The fraction of sp³-hybridized carbons (Fsp3) is 0.588. The van der Waals surface area contributed by atoms with Crippen LogP contribution in [0.3, 0.4) is 0 Å². The van der Waals surface area contributed by atoms with Crippen LogP contribution < -0.4 is 10.2 Å². The van der Waals surface area contributed by atoms with Gasteiger partial charge in [-0.1, -0.05) is 12.1 Å². The van der Waals surface area contributed by atoms with E-state index in [0.29, 0.717) is 18.0 Å². The number of rotatable bonds is 3. The Hall–Kier alpha value is -1.55. The molecule has 4 heterocycles. The van der Waals surface area contributed by atoms with Crippen molar-refractivity contribution in [1.82, 2.24) is 10.3 Å². The topological polar surface area (TPSA) is 36.9 Å². The number of ether oxygens (including phenoxy) is 1. The van der Waals surface area contributed by atoms with Gasteiger partial charge in [0.05, 0.1) is 23.9 Å². The lowest BCUT2D eigenvalue weighted by molar-refractivity contribution is 0.133. The van der Waals surface area contributed by atoms with Crippen molar-refractivity contribution < 1.29 is 4.74 Å². The highest BCUT2D eigenvalue weighted by Crippen LogP contribution is 2.39. The van der Waals surface area contributed by atoms with Gasteiger partial charge in [-0.05, 0) is 57.5 Å². The summed E-state index contributed by atoms with van der Waals surface area (Å²) < 4.78 is 5.73. The third kappa shape index (κ3) is 2.22. The normalized spacial score (nSPS) is 33.6. The van der Waals surface area contributed by atoms with E-state index >= 15 is 0 Å². The Labute approximate surface area is 126 Å². The van der Waals surface area contributed by atoms with Gasteiger partial charge in [-0.2, -0.15) is 5.10 Å². The molecule has 0 saturated carbocycles. The molecule has 1 N–H and O–H groups in total. The molecule has 4 heteroatoms. The van der Waals surface area contributed by atoms with Crippen molar-refractivity contribution in [3.05, 3.63) is 29.8 Å². The van der Waals surface area contributed by atoms with E-state index in [2.05, 4.69) is 53.5 Å². The van der Waals surface area contributed by atoms with Crippen LogP contribution in [0.5, 0.6) is 5.75 Å². The fourth-order valence-corrected chi connectivity index (χ4v) is 3.94. The smallest absolute Gasteiger partial charge is 0.119 e. The summed E-state index contributed by atoms with van der Waals surface area (Å²) in [6, 6.07) is 9.27.